The standard InChI is InChI=1S/C10H12N2O7S/c13-2-4-6(15)7(16)8(19-4)12-3(9(17)18)1-5(14)11-10(12)20/h1,4,6-8,13,15-16H,2H2,(H,17,18)(H,11,14,20)/t4-,6-,7-,8-/m1/s1. The molecule has 0 radical (unpaired) electrons. The summed E-state index contributed by atoms with van der Waals surface area (Å²) in [7, 11) is 0. The molecule has 10 heteroatoms. The van der Waals surface area contributed by atoms with Gasteiger partial charge in [0.2, 0.25) is 0 Å². The number of aliphatic hydroxyl groups excluding tert-OH is 3. The van der Waals surface area contributed by atoms with Crippen LogP contribution in [-0.4, -0.2) is 60.9 Å². The van der Waals surface area contributed by atoms with Crippen molar-refractivity contribution in [1.82, 2.24) is 9.55 Å². The quantitative estimate of drug-likeness (QED) is 0.412. The number of H-pyrrole nitrogens is 1. The van der Waals surface area contributed by atoms with Crippen LogP contribution in [0.1, 0.15) is 16.7 Å². The minimum atomic E-state index is -1.50. The summed E-state index contributed by atoms with van der Waals surface area (Å²) in [5.41, 5.74) is -1.20. The zero-order valence-corrected chi connectivity index (χ0v) is 10.8. The number of aromatic carboxylic acids is 1. The maximum Gasteiger partial charge on any atom is 0.352 e. The van der Waals surface area contributed by atoms with Crippen molar-refractivity contribution in [3.8, 4) is 0 Å². The van der Waals surface area contributed by atoms with Crippen molar-refractivity contribution in [2.75, 3.05) is 6.61 Å². The highest BCUT2D eigenvalue weighted by Gasteiger charge is 2.44. The van der Waals surface area contributed by atoms with Gasteiger partial charge in [-0.2, -0.15) is 0 Å². The van der Waals surface area contributed by atoms with Crippen LogP contribution in [0.25, 0.3) is 0 Å². The smallest absolute Gasteiger partial charge is 0.352 e. The van der Waals surface area contributed by atoms with Gasteiger partial charge in [-0.25, -0.2) is 4.79 Å². The van der Waals surface area contributed by atoms with Gasteiger partial charge in [-0.3, -0.25) is 14.3 Å². The first-order valence-corrected chi connectivity index (χ1v) is 5.99. The van der Waals surface area contributed by atoms with E-state index >= 15 is 0 Å². The van der Waals surface area contributed by atoms with Crippen LogP contribution in [0.15, 0.2) is 10.9 Å². The Hall–Kier alpha value is -1.59. The summed E-state index contributed by atoms with van der Waals surface area (Å²) in [6.45, 7) is -0.562. The Morgan fingerprint density at radius 1 is 1.45 bits per heavy atom. The van der Waals surface area contributed by atoms with Gasteiger partial charge in [0.25, 0.3) is 5.56 Å². The average Bonchev–Trinajstić information content (AvgIpc) is 2.65. The van der Waals surface area contributed by atoms with Crippen LogP contribution in [0.2, 0.25) is 0 Å². The molecule has 0 spiro atoms. The molecule has 5 N–H and O–H groups in total. The van der Waals surface area contributed by atoms with Crippen molar-refractivity contribution in [3.05, 3.63) is 26.9 Å². The molecule has 0 amide bonds. The second-order valence-corrected chi connectivity index (χ2v) is 4.61. The first-order chi connectivity index (χ1) is 9.36. The lowest BCUT2D eigenvalue weighted by molar-refractivity contribution is -0.0553. The predicted molar refractivity (Wildman–Crippen MR) is 65.9 cm³/mol. The molecule has 0 saturated carbocycles. The molecular formula is C10H12N2O7S. The third-order valence-electron chi connectivity index (χ3n) is 2.97. The van der Waals surface area contributed by atoms with E-state index in [1.54, 1.807) is 0 Å². The topological polar surface area (TPSA) is 145 Å². The molecule has 1 fully saturated rings. The molecule has 20 heavy (non-hydrogen) atoms. The molecule has 0 aromatic carbocycles. The zero-order chi connectivity index (χ0) is 15.0. The molecule has 9 nitrogen and oxygen atoms in total. The molecule has 2 heterocycles. The lowest BCUT2D eigenvalue weighted by Crippen LogP contribution is -2.34. The van der Waals surface area contributed by atoms with E-state index in [1.165, 1.54) is 0 Å². The number of carboxylic acid groups (broad SMARTS) is 1. The molecule has 0 unspecified atom stereocenters. The van der Waals surface area contributed by atoms with E-state index < -0.39 is 48.4 Å². The summed E-state index contributed by atoms with van der Waals surface area (Å²) in [6, 6.07) is 0.785. The van der Waals surface area contributed by atoms with Gasteiger partial charge in [0.05, 0.1) is 6.61 Å². The van der Waals surface area contributed by atoms with Gasteiger partial charge in [0, 0.05) is 6.07 Å². The largest absolute Gasteiger partial charge is 0.477 e. The number of rotatable bonds is 3. The molecular weight excluding hydrogens is 292 g/mol. The summed E-state index contributed by atoms with van der Waals surface area (Å²) in [6.07, 6.45) is -5.30. The highest BCUT2D eigenvalue weighted by molar-refractivity contribution is 7.71. The maximum absolute atomic E-state index is 11.3. The first kappa shape index (κ1) is 14.8. The summed E-state index contributed by atoms with van der Waals surface area (Å²) in [5, 5.41) is 37.6. The number of carbonyl (C=O) groups is 1. The van der Waals surface area contributed by atoms with E-state index in [2.05, 4.69) is 4.98 Å². The molecule has 110 valence electrons. The predicted octanol–water partition coefficient (Wildman–Crippen LogP) is -1.78. The Bertz CT molecular complexity index is 639. The number of carboxylic acids is 1. The third kappa shape index (κ3) is 2.39. The van der Waals surface area contributed by atoms with Crippen molar-refractivity contribution in [3.63, 3.8) is 0 Å². The fourth-order valence-electron chi connectivity index (χ4n) is 2.02. The number of hydrogen-bond acceptors (Lipinski definition) is 7. The highest BCUT2D eigenvalue weighted by atomic mass is 32.1. The van der Waals surface area contributed by atoms with E-state index in [-0.39, 0.29) is 4.77 Å². The second kappa shape index (κ2) is 5.42. The summed E-state index contributed by atoms with van der Waals surface area (Å²) in [4.78, 5) is 24.6. The maximum atomic E-state index is 11.3. The normalized spacial score (nSPS) is 29.6. The molecule has 2 rings (SSSR count). The van der Waals surface area contributed by atoms with Crippen molar-refractivity contribution in [2.24, 2.45) is 0 Å². The van der Waals surface area contributed by atoms with E-state index in [9.17, 15) is 19.8 Å². The Morgan fingerprint density at radius 2 is 2.10 bits per heavy atom. The average molecular weight is 304 g/mol. The van der Waals surface area contributed by atoms with Gasteiger partial charge in [-0.1, -0.05) is 0 Å². The van der Waals surface area contributed by atoms with E-state index in [4.69, 9.17) is 27.2 Å². The van der Waals surface area contributed by atoms with Crippen LogP contribution in [-0.2, 0) is 4.74 Å². The van der Waals surface area contributed by atoms with Crippen LogP contribution in [0, 0.1) is 4.77 Å². The minimum Gasteiger partial charge on any atom is -0.477 e. The molecule has 4 atom stereocenters. The summed E-state index contributed by atoms with van der Waals surface area (Å²) >= 11 is 4.86. The van der Waals surface area contributed by atoms with E-state index in [0.29, 0.717) is 0 Å². The van der Waals surface area contributed by atoms with Crippen molar-refractivity contribution in [2.45, 2.75) is 24.5 Å². The van der Waals surface area contributed by atoms with Crippen molar-refractivity contribution >= 4 is 18.2 Å². The van der Waals surface area contributed by atoms with Crippen LogP contribution in [0.3, 0.4) is 0 Å². The van der Waals surface area contributed by atoms with Crippen LogP contribution < -0.4 is 5.56 Å². The van der Waals surface area contributed by atoms with Gasteiger partial charge in [-0.05, 0) is 12.2 Å². The molecule has 1 aromatic heterocycles. The Kier molecular flexibility index (Phi) is 4.01. The highest BCUT2D eigenvalue weighted by Crippen LogP contribution is 2.30. The summed E-state index contributed by atoms with van der Waals surface area (Å²) < 4.78 is 5.80. The van der Waals surface area contributed by atoms with Crippen molar-refractivity contribution < 1.29 is 30.0 Å². The Balaban J connectivity index is 2.56. The number of nitrogens with zero attached hydrogens (tertiary/aromatic N) is 1. The lowest BCUT2D eigenvalue weighted by Gasteiger charge is -2.20. The number of nitrogens with one attached hydrogen (secondary N) is 1. The van der Waals surface area contributed by atoms with Gasteiger partial charge >= 0.3 is 5.97 Å². The molecule has 1 aromatic rings. The monoisotopic (exact) mass is 304 g/mol. The van der Waals surface area contributed by atoms with Crippen molar-refractivity contribution in [1.29, 1.82) is 0 Å². The van der Waals surface area contributed by atoms with Crippen LogP contribution in [0.4, 0.5) is 0 Å². The molecule has 0 bridgehead atoms. The first-order valence-electron chi connectivity index (χ1n) is 5.58. The van der Waals surface area contributed by atoms with Gasteiger partial charge in [0.1, 0.15) is 24.0 Å². The molecule has 1 aliphatic heterocycles. The fraction of sp³-hybridized carbons (Fsp3) is 0.500. The SMILES string of the molecule is O=C(O)c1cc(=O)[nH]c(=S)n1[C@@H]1O[C@H](CO)[C@@H](O)[C@H]1O. The Labute approximate surface area is 116 Å². The van der Waals surface area contributed by atoms with Gasteiger partial charge in [0.15, 0.2) is 11.0 Å². The van der Waals surface area contributed by atoms with Gasteiger partial charge < -0.3 is 25.2 Å². The molecule has 1 saturated heterocycles. The van der Waals surface area contributed by atoms with Crippen LogP contribution in [0.5, 0.6) is 0 Å². The molecule has 1 aliphatic rings. The Morgan fingerprint density at radius 3 is 2.60 bits per heavy atom. The third-order valence-corrected chi connectivity index (χ3v) is 3.27. The lowest BCUT2D eigenvalue weighted by atomic mass is 10.1. The van der Waals surface area contributed by atoms with E-state index in [1.807, 2.05) is 0 Å². The van der Waals surface area contributed by atoms with E-state index in [0.717, 1.165) is 10.6 Å². The van der Waals surface area contributed by atoms with Gasteiger partial charge in [-0.15, -0.1) is 0 Å². The number of aromatic amines is 1. The number of hydrogen-bond donors (Lipinski definition) is 5. The number of aliphatic hydroxyl groups is 3. The van der Waals surface area contributed by atoms with Crippen LogP contribution >= 0.6 is 12.2 Å². The number of aromatic nitrogens is 2. The summed E-state index contributed by atoms with van der Waals surface area (Å²) in [5.74, 6) is -1.44. The number of ether oxygens (including phenoxy) is 1. The fourth-order valence-corrected chi connectivity index (χ4v) is 2.32. The zero-order valence-electron chi connectivity index (χ0n) is 9.96. The molecule has 0 aliphatic carbocycles. The second-order valence-electron chi connectivity index (χ2n) is 4.23. The minimum absolute atomic E-state index is 0.273.